The molecule has 0 spiro atoms. The van der Waals surface area contributed by atoms with E-state index in [0.29, 0.717) is 6.54 Å². The molecule has 0 atom stereocenters. The summed E-state index contributed by atoms with van der Waals surface area (Å²) in [5, 5.41) is 0. The third-order valence-electron chi connectivity index (χ3n) is 2.76. The molecule has 0 aliphatic rings. The van der Waals surface area contributed by atoms with Gasteiger partial charge in [-0.3, -0.25) is 0 Å². The van der Waals surface area contributed by atoms with Crippen molar-refractivity contribution in [3.05, 3.63) is 18.0 Å². The van der Waals surface area contributed by atoms with Crippen molar-refractivity contribution in [2.45, 2.75) is 46.1 Å². The fraction of sp³-hybridized carbons (Fsp3) is 0.692. The summed E-state index contributed by atoms with van der Waals surface area (Å²) in [5.41, 5.74) is 6.52. The quantitative estimate of drug-likeness (QED) is 0.752. The van der Waals surface area contributed by atoms with E-state index in [4.69, 9.17) is 5.73 Å². The number of anilines is 1. The standard InChI is InChI=1S/C13H24N4/c1-3-5-9-17(10-6-4-2)13-15-8-7-12(11-14)16-13/h7-8H,3-6,9-11,14H2,1-2H3. The van der Waals surface area contributed by atoms with Gasteiger partial charge in [-0.25, -0.2) is 9.97 Å². The molecule has 96 valence electrons. The van der Waals surface area contributed by atoms with E-state index in [2.05, 4.69) is 28.7 Å². The molecule has 1 rings (SSSR count). The Balaban J connectivity index is 2.71. The molecular weight excluding hydrogens is 212 g/mol. The summed E-state index contributed by atoms with van der Waals surface area (Å²) in [7, 11) is 0. The molecule has 0 aliphatic heterocycles. The molecule has 0 bridgehead atoms. The molecule has 1 aromatic rings. The maximum absolute atomic E-state index is 5.61. The Hall–Kier alpha value is -1.16. The maximum atomic E-state index is 5.61. The maximum Gasteiger partial charge on any atom is 0.225 e. The molecule has 0 aliphatic carbocycles. The Morgan fingerprint density at radius 1 is 1.18 bits per heavy atom. The normalized spacial score (nSPS) is 10.5. The van der Waals surface area contributed by atoms with Gasteiger partial charge in [0, 0.05) is 25.8 Å². The first-order chi connectivity index (χ1) is 8.31. The van der Waals surface area contributed by atoms with Gasteiger partial charge in [-0.05, 0) is 18.9 Å². The second-order valence-electron chi connectivity index (χ2n) is 4.25. The number of nitrogens with zero attached hydrogens (tertiary/aromatic N) is 3. The zero-order chi connectivity index (χ0) is 12.5. The van der Waals surface area contributed by atoms with Crippen LogP contribution in [0.4, 0.5) is 5.95 Å². The third kappa shape index (κ3) is 4.69. The molecule has 0 unspecified atom stereocenters. The minimum absolute atomic E-state index is 0.477. The highest BCUT2D eigenvalue weighted by Crippen LogP contribution is 2.10. The summed E-state index contributed by atoms with van der Waals surface area (Å²) in [5.74, 6) is 0.829. The zero-order valence-electron chi connectivity index (χ0n) is 11.0. The fourth-order valence-electron chi connectivity index (χ4n) is 1.66. The summed E-state index contributed by atoms with van der Waals surface area (Å²) in [6, 6.07) is 1.88. The molecule has 1 aromatic heterocycles. The molecule has 2 N–H and O–H groups in total. The van der Waals surface area contributed by atoms with Crippen LogP contribution in [0.25, 0.3) is 0 Å². The third-order valence-corrected chi connectivity index (χ3v) is 2.76. The van der Waals surface area contributed by atoms with Crippen LogP contribution in [0.5, 0.6) is 0 Å². The smallest absolute Gasteiger partial charge is 0.225 e. The van der Waals surface area contributed by atoms with Gasteiger partial charge in [-0.2, -0.15) is 0 Å². The summed E-state index contributed by atoms with van der Waals surface area (Å²) in [6.45, 7) is 6.95. The van der Waals surface area contributed by atoms with Gasteiger partial charge in [0.2, 0.25) is 5.95 Å². The average molecular weight is 236 g/mol. The van der Waals surface area contributed by atoms with Crippen LogP contribution in [-0.2, 0) is 6.54 Å². The van der Waals surface area contributed by atoms with Crippen molar-refractivity contribution in [2.24, 2.45) is 5.73 Å². The summed E-state index contributed by atoms with van der Waals surface area (Å²) < 4.78 is 0. The highest BCUT2D eigenvalue weighted by Gasteiger charge is 2.08. The minimum Gasteiger partial charge on any atom is -0.341 e. The molecule has 4 heteroatoms. The number of unbranched alkanes of at least 4 members (excludes halogenated alkanes) is 2. The molecule has 0 radical (unpaired) electrons. The molecule has 0 fully saturated rings. The van der Waals surface area contributed by atoms with Crippen LogP contribution >= 0.6 is 0 Å². The van der Waals surface area contributed by atoms with Crippen molar-refractivity contribution in [3.8, 4) is 0 Å². The van der Waals surface area contributed by atoms with Crippen molar-refractivity contribution in [1.82, 2.24) is 9.97 Å². The largest absolute Gasteiger partial charge is 0.341 e. The highest BCUT2D eigenvalue weighted by molar-refractivity contribution is 5.29. The lowest BCUT2D eigenvalue weighted by Crippen LogP contribution is -2.28. The average Bonchev–Trinajstić information content (AvgIpc) is 2.39. The predicted molar refractivity (Wildman–Crippen MR) is 72.0 cm³/mol. The van der Waals surface area contributed by atoms with Crippen LogP contribution in [0.3, 0.4) is 0 Å². The molecular formula is C13H24N4. The van der Waals surface area contributed by atoms with Crippen LogP contribution in [0.15, 0.2) is 12.3 Å². The van der Waals surface area contributed by atoms with E-state index in [1.807, 2.05) is 6.07 Å². The van der Waals surface area contributed by atoms with Crippen LogP contribution in [0.2, 0.25) is 0 Å². The van der Waals surface area contributed by atoms with Gasteiger partial charge in [0.15, 0.2) is 0 Å². The van der Waals surface area contributed by atoms with Crippen molar-refractivity contribution in [1.29, 1.82) is 0 Å². The Morgan fingerprint density at radius 2 is 1.82 bits per heavy atom. The monoisotopic (exact) mass is 236 g/mol. The van der Waals surface area contributed by atoms with E-state index in [1.54, 1.807) is 6.20 Å². The fourth-order valence-corrected chi connectivity index (χ4v) is 1.66. The van der Waals surface area contributed by atoms with Crippen molar-refractivity contribution < 1.29 is 0 Å². The first-order valence-electron chi connectivity index (χ1n) is 6.58. The van der Waals surface area contributed by atoms with Crippen molar-refractivity contribution in [3.63, 3.8) is 0 Å². The topological polar surface area (TPSA) is 55.0 Å². The molecule has 0 saturated heterocycles. The second kappa shape index (κ2) is 8.01. The van der Waals surface area contributed by atoms with E-state index in [1.165, 1.54) is 25.7 Å². The lowest BCUT2D eigenvalue weighted by atomic mass is 10.3. The van der Waals surface area contributed by atoms with Crippen LogP contribution in [0.1, 0.15) is 45.2 Å². The van der Waals surface area contributed by atoms with E-state index in [0.717, 1.165) is 24.7 Å². The van der Waals surface area contributed by atoms with Crippen LogP contribution in [0, 0.1) is 0 Å². The molecule has 0 saturated carbocycles. The Morgan fingerprint density at radius 3 is 2.35 bits per heavy atom. The molecule has 4 nitrogen and oxygen atoms in total. The number of aromatic nitrogens is 2. The summed E-state index contributed by atoms with van der Waals surface area (Å²) >= 11 is 0. The molecule has 1 heterocycles. The first kappa shape index (κ1) is 13.9. The van der Waals surface area contributed by atoms with E-state index in [9.17, 15) is 0 Å². The van der Waals surface area contributed by atoms with E-state index in [-0.39, 0.29) is 0 Å². The van der Waals surface area contributed by atoms with Crippen molar-refractivity contribution in [2.75, 3.05) is 18.0 Å². The van der Waals surface area contributed by atoms with E-state index >= 15 is 0 Å². The van der Waals surface area contributed by atoms with Gasteiger partial charge in [-0.1, -0.05) is 26.7 Å². The lowest BCUT2D eigenvalue weighted by molar-refractivity contribution is 0.660. The van der Waals surface area contributed by atoms with Gasteiger partial charge in [0.25, 0.3) is 0 Å². The molecule has 0 aromatic carbocycles. The SMILES string of the molecule is CCCCN(CCCC)c1nccc(CN)n1. The van der Waals surface area contributed by atoms with Crippen molar-refractivity contribution >= 4 is 5.95 Å². The van der Waals surface area contributed by atoms with Gasteiger partial charge >= 0.3 is 0 Å². The predicted octanol–water partition coefficient (Wildman–Crippen LogP) is 2.34. The highest BCUT2D eigenvalue weighted by atomic mass is 15.2. The zero-order valence-corrected chi connectivity index (χ0v) is 11.0. The number of rotatable bonds is 8. The summed E-state index contributed by atoms with van der Waals surface area (Å²) in [4.78, 5) is 11.1. The van der Waals surface area contributed by atoms with Crippen LogP contribution in [-0.4, -0.2) is 23.1 Å². The van der Waals surface area contributed by atoms with Gasteiger partial charge < -0.3 is 10.6 Å². The van der Waals surface area contributed by atoms with Gasteiger partial charge in [-0.15, -0.1) is 0 Å². The molecule has 0 amide bonds. The number of nitrogens with two attached hydrogens (primary N) is 1. The minimum atomic E-state index is 0.477. The number of hydrogen-bond donors (Lipinski definition) is 1. The Labute approximate surface area is 104 Å². The number of hydrogen-bond acceptors (Lipinski definition) is 4. The Kier molecular flexibility index (Phi) is 6.55. The van der Waals surface area contributed by atoms with E-state index < -0.39 is 0 Å². The lowest BCUT2D eigenvalue weighted by Gasteiger charge is -2.22. The summed E-state index contributed by atoms with van der Waals surface area (Å²) in [6.07, 6.45) is 6.55. The second-order valence-corrected chi connectivity index (χ2v) is 4.25. The van der Waals surface area contributed by atoms with Gasteiger partial charge in [0.05, 0.1) is 5.69 Å². The van der Waals surface area contributed by atoms with Gasteiger partial charge in [0.1, 0.15) is 0 Å². The Bertz CT molecular complexity index is 306. The molecule has 17 heavy (non-hydrogen) atoms. The first-order valence-corrected chi connectivity index (χ1v) is 6.58. The van der Waals surface area contributed by atoms with Crippen LogP contribution < -0.4 is 10.6 Å².